The first-order chi connectivity index (χ1) is 12.4. The molecule has 4 heteroatoms. The van der Waals surface area contributed by atoms with Gasteiger partial charge in [-0.2, -0.15) is 0 Å². The normalized spacial score (nSPS) is 25.2. The van der Waals surface area contributed by atoms with Crippen molar-refractivity contribution < 1.29 is 0 Å². The van der Waals surface area contributed by atoms with Crippen molar-refractivity contribution in [2.24, 2.45) is 5.92 Å². The molecule has 2 N–H and O–H groups in total. The Labute approximate surface area is 147 Å². The number of aromatic amines is 1. The van der Waals surface area contributed by atoms with Crippen LogP contribution in [0, 0.1) is 5.92 Å². The van der Waals surface area contributed by atoms with Gasteiger partial charge in [-0.3, -0.25) is 4.98 Å². The van der Waals surface area contributed by atoms with E-state index in [9.17, 15) is 0 Å². The lowest BCUT2D eigenvalue weighted by molar-refractivity contribution is 0.234. The smallest absolute Gasteiger partial charge is 0.0922 e. The average molecular weight is 328 g/mol. The molecule has 0 spiro atoms. The highest BCUT2D eigenvalue weighted by molar-refractivity contribution is 5.71. The van der Waals surface area contributed by atoms with Crippen LogP contribution in [0.25, 0.3) is 5.70 Å². The molecule has 2 aliphatic carbocycles. The van der Waals surface area contributed by atoms with Crippen LogP contribution in [-0.4, -0.2) is 15.0 Å². The van der Waals surface area contributed by atoms with Gasteiger partial charge in [0.2, 0.25) is 0 Å². The van der Waals surface area contributed by atoms with Crippen molar-refractivity contribution in [2.75, 3.05) is 0 Å². The average Bonchev–Trinajstić information content (AvgIpc) is 3.16. The Morgan fingerprint density at radius 3 is 2.80 bits per heavy atom. The number of allylic oxidation sites excluding steroid dienone is 5. The molecule has 2 aromatic heterocycles. The minimum Gasteiger partial charge on any atom is -0.353 e. The van der Waals surface area contributed by atoms with Crippen molar-refractivity contribution >= 4 is 5.70 Å². The summed E-state index contributed by atoms with van der Waals surface area (Å²) in [6.45, 7) is 0. The monoisotopic (exact) mass is 328 g/mol. The Kier molecular flexibility index (Phi) is 3.23. The van der Waals surface area contributed by atoms with Gasteiger partial charge in [-0.05, 0) is 48.6 Å². The maximum absolute atomic E-state index is 4.47. The van der Waals surface area contributed by atoms with Gasteiger partial charge in [0.1, 0.15) is 0 Å². The highest BCUT2D eigenvalue weighted by Gasteiger charge is 2.43. The molecule has 25 heavy (non-hydrogen) atoms. The van der Waals surface area contributed by atoms with E-state index in [-0.39, 0.29) is 5.41 Å². The lowest BCUT2D eigenvalue weighted by Gasteiger charge is -2.43. The van der Waals surface area contributed by atoms with Crippen LogP contribution >= 0.6 is 0 Å². The molecule has 0 aromatic carbocycles. The van der Waals surface area contributed by atoms with Gasteiger partial charge in [-0.1, -0.05) is 30.7 Å². The summed E-state index contributed by atoms with van der Waals surface area (Å²) < 4.78 is 0. The number of imidazole rings is 1. The van der Waals surface area contributed by atoms with E-state index in [1.54, 1.807) is 6.33 Å². The largest absolute Gasteiger partial charge is 0.353 e. The highest BCUT2D eigenvalue weighted by Crippen LogP contribution is 2.48. The Morgan fingerprint density at radius 1 is 1.12 bits per heavy atom. The fraction of sp³-hybridized carbons (Fsp3) is 0.238. The molecule has 0 bridgehead atoms. The molecule has 0 saturated heterocycles. The van der Waals surface area contributed by atoms with Crippen molar-refractivity contribution in [3.05, 3.63) is 90.0 Å². The van der Waals surface area contributed by atoms with Crippen molar-refractivity contribution in [3.63, 3.8) is 0 Å². The summed E-state index contributed by atoms with van der Waals surface area (Å²) in [6, 6.07) is 5.99. The first-order valence-electron chi connectivity index (χ1n) is 8.87. The van der Waals surface area contributed by atoms with E-state index >= 15 is 0 Å². The van der Waals surface area contributed by atoms with Gasteiger partial charge >= 0.3 is 0 Å². The molecule has 0 amide bonds. The summed E-state index contributed by atoms with van der Waals surface area (Å²) in [7, 11) is 0. The molecular weight excluding hydrogens is 308 g/mol. The van der Waals surface area contributed by atoms with E-state index in [1.165, 1.54) is 30.5 Å². The first kappa shape index (κ1) is 14.5. The molecule has 3 aliphatic rings. The minimum absolute atomic E-state index is 0.0962. The van der Waals surface area contributed by atoms with Crippen molar-refractivity contribution in [1.29, 1.82) is 0 Å². The molecule has 3 heterocycles. The van der Waals surface area contributed by atoms with E-state index < -0.39 is 0 Å². The third-order valence-electron chi connectivity index (χ3n) is 5.62. The van der Waals surface area contributed by atoms with Crippen LogP contribution < -0.4 is 5.32 Å². The summed E-state index contributed by atoms with van der Waals surface area (Å²) >= 11 is 0. The fourth-order valence-electron chi connectivity index (χ4n) is 3.99. The highest BCUT2D eigenvalue weighted by atomic mass is 14.9. The van der Waals surface area contributed by atoms with E-state index in [0.717, 1.165) is 17.1 Å². The van der Waals surface area contributed by atoms with Gasteiger partial charge in [0.25, 0.3) is 0 Å². The lowest BCUT2D eigenvalue weighted by atomic mass is 9.61. The molecule has 1 fully saturated rings. The Hall–Kier alpha value is -2.88. The predicted octanol–water partition coefficient (Wildman–Crippen LogP) is 3.87. The van der Waals surface area contributed by atoms with Crippen LogP contribution in [0.3, 0.4) is 0 Å². The Bertz CT molecular complexity index is 899. The van der Waals surface area contributed by atoms with Gasteiger partial charge in [-0.25, -0.2) is 4.98 Å². The van der Waals surface area contributed by atoms with E-state index in [0.29, 0.717) is 5.92 Å². The van der Waals surface area contributed by atoms with Gasteiger partial charge in [0.05, 0.1) is 23.1 Å². The lowest BCUT2D eigenvalue weighted by Crippen LogP contribution is -2.39. The number of dihydropyridines is 1. The van der Waals surface area contributed by atoms with Gasteiger partial charge < -0.3 is 10.3 Å². The fourth-order valence-corrected chi connectivity index (χ4v) is 3.99. The molecule has 124 valence electrons. The molecule has 1 saturated carbocycles. The van der Waals surface area contributed by atoms with E-state index in [2.05, 4.69) is 50.6 Å². The zero-order valence-electron chi connectivity index (χ0n) is 13.9. The summed E-state index contributed by atoms with van der Waals surface area (Å²) in [5.41, 5.74) is 5.46. The number of hydrogen-bond acceptors (Lipinski definition) is 3. The van der Waals surface area contributed by atoms with Crippen LogP contribution in [0.5, 0.6) is 0 Å². The number of hydrogen-bond donors (Lipinski definition) is 2. The number of H-pyrrole nitrogens is 1. The van der Waals surface area contributed by atoms with E-state index in [1.807, 2.05) is 30.6 Å². The maximum atomic E-state index is 4.47. The number of nitrogens with one attached hydrogen (secondary N) is 2. The maximum Gasteiger partial charge on any atom is 0.0922 e. The Balaban J connectivity index is 1.56. The third kappa shape index (κ3) is 2.29. The van der Waals surface area contributed by atoms with E-state index in [4.69, 9.17) is 0 Å². The Morgan fingerprint density at radius 2 is 2.08 bits per heavy atom. The summed E-state index contributed by atoms with van der Waals surface area (Å²) in [5.74, 6) is 0.629. The standard InChI is InChI=1S/C21H20N4/c1-2-11-23-17(6-1)18-8-7-15-9-10-21(12-19(15)25-18,16-4-3-5-16)20-13-22-14-24-20/h1-2,6-14,16,25H,3-5H2,(H,22,24). The third-order valence-corrected chi connectivity index (χ3v) is 5.62. The number of rotatable bonds is 3. The topological polar surface area (TPSA) is 53.6 Å². The number of pyridine rings is 1. The van der Waals surface area contributed by atoms with Crippen LogP contribution in [0.1, 0.15) is 30.7 Å². The molecule has 2 aromatic rings. The molecule has 5 rings (SSSR count). The summed E-state index contributed by atoms with van der Waals surface area (Å²) in [6.07, 6.45) is 20.6. The van der Waals surface area contributed by atoms with Crippen LogP contribution in [0.2, 0.25) is 0 Å². The number of fused-ring (bicyclic) bond motifs is 1. The zero-order chi connectivity index (χ0) is 16.7. The molecule has 1 atom stereocenters. The summed E-state index contributed by atoms with van der Waals surface area (Å²) in [5, 5.41) is 3.60. The SMILES string of the molecule is C1=CC(c2cnc[nH]2)(C2CCC2)C=C2NC(c3ccccn3)=CC=C12. The first-order valence-corrected chi connectivity index (χ1v) is 8.87. The molecule has 0 radical (unpaired) electrons. The molecule has 1 aliphatic heterocycles. The van der Waals surface area contributed by atoms with Crippen LogP contribution in [0.4, 0.5) is 0 Å². The second-order valence-corrected chi connectivity index (χ2v) is 6.96. The van der Waals surface area contributed by atoms with Crippen molar-refractivity contribution in [3.8, 4) is 0 Å². The second kappa shape index (κ2) is 5.59. The number of aromatic nitrogens is 3. The van der Waals surface area contributed by atoms with Gasteiger partial charge in [-0.15, -0.1) is 0 Å². The van der Waals surface area contributed by atoms with Gasteiger partial charge in [0, 0.05) is 23.8 Å². The quantitative estimate of drug-likeness (QED) is 0.899. The van der Waals surface area contributed by atoms with Crippen LogP contribution in [0.15, 0.2) is 78.6 Å². The van der Waals surface area contributed by atoms with Crippen molar-refractivity contribution in [2.45, 2.75) is 24.7 Å². The molecular formula is C21H20N4. The second-order valence-electron chi connectivity index (χ2n) is 6.96. The summed E-state index contributed by atoms with van der Waals surface area (Å²) in [4.78, 5) is 12.1. The number of nitrogens with zero attached hydrogens (tertiary/aromatic N) is 2. The molecule has 1 unspecified atom stereocenters. The zero-order valence-corrected chi connectivity index (χ0v) is 13.9. The predicted molar refractivity (Wildman–Crippen MR) is 98.3 cm³/mol. The van der Waals surface area contributed by atoms with Crippen LogP contribution in [-0.2, 0) is 5.41 Å². The van der Waals surface area contributed by atoms with Crippen molar-refractivity contribution in [1.82, 2.24) is 20.3 Å². The molecule has 4 nitrogen and oxygen atoms in total. The minimum atomic E-state index is -0.0962. The van der Waals surface area contributed by atoms with Gasteiger partial charge in [0.15, 0.2) is 0 Å².